The molecular formula is C16H20FN3O3. The highest BCUT2D eigenvalue weighted by molar-refractivity contribution is 5.78. The third-order valence-corrected chi connectivity index (χ3v) is 4.33. The first-order valence-electron chi connectivity index (χ1n) is 7.79. The largest absolute Gasteiger partial charge is 0.466 e. The molecule has 0 spiro atoms. The number of fused-ring (bicyclic) bond motifs is 1. The van der Waals surface area contributed by atoms with Gasteiger partial charge in [-0.15, -0.1) is 0 Å². The first kappa shape index (κ1) is 15.7. The second-order valence-corrected chi connectivity index (χ2v) is 5.81. The Bertz CT molecular complexity index is 623. The zero-order valence-corrected chi connectivity index (χ0v) is 13.0. The van der Waals surface area contributed by atoms with Crippen molar-refractivity contribution in [1.82, 2.24) is 15.5 Å². The average molecular weight is 321 g/mol. The molecule has 2 aliphatic rings. The molecule has 7 heteroatoms. The highest BCUT2D eigenvalue weighted by atomic mass is 19.1. The fraction of sp³-hybridized carbons (Fsp3) is 0.500. The predicted octanol–water partition coefficient (Wildman–Crippen LogP) is 1.00. The van der Waals surface area contributed by atoms with E-state index in [-0.39, 0.29) is 36.3 Å². The lowest BCUT2D eigenvalue weighted by atomic mass is 10.0. The van der Waals surface area contributed by atoms with Crippen molar-refractivity contribution in [2.24, 2.45) is 5.92 Å². The monoisotopic (exact) mass is 321 g/mol. The van der Waals surface area contributed by atoms with Crippen molar-refractivity contribution in [1.29, 1.82) is 0 Å². The molecule has 1 fully saturated rings. The molecule has 1 saturated heterocycles. The Hall–Kier alpha value is -2.15. The van der Waals surface area contributed by atoms with Crippen LogP contribution in [-0.4, -0.2) is 42.6 Å². The molecule has 0 saturated carbocycles. The summed E-state index contributed by atoms with van der Waals surface area (Å²) in [5, 5.41) is 5.96. The number of halogens is 1. The average Bonchev–Trinajstić information content (AvgIpc) is 3.14. The van der Waals surface area contributed by atoms with Crippen LogP contribution in [0.4, 0.5) is 9.18 Å². The summed E-state index contributed by atoms with van der Waals surface area (Å²) in [6.45, 7) is 3.70. The van der Waals surface area contributed by atoms with E-state index in [0.717, 1.165) is 5.56 Å². The van der Waals surface area contributed by atoms with Gasteiger partial charge in [0.15, 0.2) is 0 Å². The van der Waals surface area contributed by atoms with E-state index >= 15 is 0 Å². The van der Waals surface area contributed by atoms with Gasteiger partial charge in [-0.3, -0.25) is 4.79 Å². The number of ether oxygens (including phenoxy) is 1. The van der Waals surface area contributed by atoms with Gasteiger partial charge in [-0.2, -0.15) is 0 Å². The van der Waals surface area contributed by atoms with Crippen molar-refractivity contribution in [3.63, 3.8) is 0 Å². The number of nitrogens with one attached hydrogen (secondary N) is 2. The summed E-state index contributed by atoms with van der Waals surface area (Å²) in [7, 11) is 0. The van der Waals surface area contributed by atoms with Gasteiger partial charge in [0.05, 0.1) is 25.1 Å². The molecule has 2 atom stereocenters. The molecular weight excluding hydrogens is 301 g/mol. The maximum absolute atomic E-state index is 13.8. The van der Waals surface area contributed by atoms with Gasteiger partial charge in [-0.1, -0.05) is 12.1 Å². The van der Waals surface area contributed by atoms with E-state index in [2.05, 4.69) is 10.6 Å². The van der Waals surface area contributed by atoms with Gasteiger partial charge < -0.3 is 20.3 Å². The topological polar surface area (TPSA) is 70.7 Å². The second kappa shape index (κ2) is 6.54. The van der Waals surface area contributed by atoms with Crippen LogP contribution in [0.25, 0.3) is 0 Å². The zero-order valence-electron chi connectivity index (χ0n) is 13.0. The summed E-state index contributed by atoms with van der Waals surface area (Å²) in [5.41, 5.74) is 1.39. The summed E-state index contributed by atoms with van der Waals surface area (Å²) in [5.74, 6) is -0.982. The Morgan fingerprint density at radius 1 is 1.39 bits per heavy atom. The molecule has 124 valence electrons. The van der Waals surface area contributed by atoms with Crippen LogP contribution < -0.4 is 10.6 Å². The molecule has 3 rings (SSSR count). The Labute approximate surface area is 134 Å². The summed E-state index contributed by atoms with van der Waals surface area (Å²) in [6, 6.07) is 4.27. The van der Waals surface area contributed by atoms with Crippen LogP contribution in [0.2, 0.25) is 0 Å². The summed E-state index contributed by atoms with van der Waals surface area (Å²) >= 11 is 0. The molecule has 2 heterocycles. The van der Waals surface area contributed by atoms with E-state index < -0.39 is 0 Å². The van der Waals surface area contributed by atoms with E-state index in [0.29, 0.717) is 31.8 Å². The highest BCUT2D eigenvalue weighted by Gasteiger charge is 2.36. The molecule has 2 aliphatic heterocycles. The molecule has 0 aromatic heterocycles. The van der Waals surface area contributed by atoms with E-state index in [1.807, 2.05) is 6.07 Å². The Kier molecular flexibility index (Phi) is 4.47. The number of carbonyl (C=O) groups excluding carboxylic acids is 2. The molecule has 2 amide bonds. The fourth-order valence-electron chi connectivity index (χ4n) is 3.10. The van der Waals surface area contributed by atoms with Crippen LogP contribution in [0.5, 0.6) is 0 Å². The van der Waals surface area contributed by atoms with E-state index in [4.69, 9.17) is 4.74 Å². The number of benzene rings is 1. The Balaban J connectivity index is 1.62. The first-order valence-corrected chi connectivity index (χ1v) is 7.79. The van der Waals surface area contributed by atoms with Crippen molar-refractivity contribution in [2.75, 3.05) is 19.7 Å². The SMILES string of the molecule is CCOC(=O)[C@H]1CNC[C@@H]1NC(=O)N1Cc2cccc(F)c2C1. The van der Waals surface area contributed by atoms with Crippen LogP contribution >= 0.6 is 0 Å². The summed E-state index contributed by atoms with van der Waals surface area (Å²) in [6.07, 6.45) is 0. The van der Waals surface area contributed by atoms with Crippen molar-refractivity contribution in [2.45, 2.75) is 26.1 Å². The molecule has 0 radical (unpaired) electrons. The van der Waals surface area contributed by atoms with Crippen molar-refractivity contribution < 1.29 is 18.7 Å². The third-order valence-electron chi connectivity index (χ3n) is 4.33. The van der Waals surface area contributed by atoms with Gasteiger partial charge in [-0.05, 0) is 18.6 Å². The number of hydrogen-bond acceptors (Lipinski definition) is 4. The Morgan fingerprint density at radius 3 is 2.96 bits per heavy atom. The minimum atomic E-state index is -0.388. The van der Waals surface area contributed by atoms with E-state index in [1.54, 1.807) is 17.9 Å². The lowest BCUT2D eigenvalue weighted by Crippen LogP contribution is -2.47. The molecule has 0 aliphatic carbocycles. The van der Waals surface area contributed by atoms with E-state index in [1.165, 1.54) is 6.07 Å². The van der Waals surface area contributed by atoms with Crippen molar-refractivity contribution in [3.05, 3.63) is 35.1 Å². The van der Waals surface area contributed by atoms with Crippen LogP contribution in [0.3, 0.4) is 0 Å². The normalized spacial score (nSPS) is 22.8. The van der Waals surface area contributed by atoms with Crippen LogP contribution in [0.1, 0.15) is 18.1 Å². The highest BCUT2D eigenvalue weighted by Crippen LogP contribution is 2.25. The number of urea groups is 1. The third kappa shape index (κ3) is 3.14. The summed E-state index contributed by atoms with van der Waals surface area (Å²) in [4.78, 5) is 25.9. The molecule has 6 nitrogen and oxygen atoms in total. The predicted molar refractivity (Wildman–Crippen MR) is 81.0 cm³/mol. The van der Waals surface area contributed by atoms with Gasteiger partial charge in [-0.25, -0.2) is 9.18 Å². The smallest absolute Gasteiger partial charge is 0.318 e. The standard InChI is InChI=1S/C16H20FN3O3/c1-2-23-15(21)11-6-18-7-14(11)19-16(22)20-8-10-4-3-5-13(17)12(10)9-20/h3-5,11,14,18H,2,6-9H2,1H3,(H,19,22)/t11-,14-/m0/s1. The minimum absolute atomic E-state index is 0.248. The fourth-order valence-corrected chi connectivity index (χ4v) is 3.10. The van der Waals surface area contributed by atoms with Crippen LogP contribution in [0, 0.1) is 11.7 Å². The maximum Gasteiger partial charge on any atom is 0.318 e. The first-order chi connectivity index (χ1) is 11.1. The lowest BCUT2D eigenvalue weighted by molar-refractivity contribution is -0.147. The van der Waals surface area contributed by atoms with Crippen molar-refractivity contribution >= 4 is 12.0 Å². The number of esters is 1. The molecule has 1 aromatic carbocycles. The van der Waals surface area contributed by atoms with E-state index in [9.17, 15) is 14.0 Å². The number of amides is 2. The molecule has 1 aromatic rings. The van der Waals surface area contributed by atoms with Gasteiger partial charge in [0, 0.05) is 25.2 Å². The molecule has 2 N–H and O–H groups in total. The van der Waals surface area contributed by atoms with Crippen LogP contribution in [0.15, 0.2) is 18.2 Å². The zero-order chi connectivity index (χ0) is 16.4. The minimum Gasteiger partial charge on any atom is -0.466 e. The number of carbonyl (C=O) groups is 2. The van der Waals surface area contributed by atoms with Gasteiger partial charge in [0.2, 0.25) is 0 Å². The Morgan fingerprint density at radius 2 is 2.22 bits per heavy atom. The molecule has 0 bridgehead atoms. The van der Waals surface area contributed by atoms with Crippen molar-refractivity contribution in [3.8, 4) is 0 Å². The quantitative estimate of drug-likeness (QED) is 0.815. The molecule has 0 unspecified atom stereocenters. The summed E-state index contributed by atoms with van der Waals surface area (Å²) < 4.78 is 18.8. The van der Waals surface area contributed by atoms with Gasteiger partial charge in [0.1, 0.15) is 5.82 Å². The molecule has 23 heavy (non-hydrogen) atoms. The van der Waals surface area contributed by atoms with Crippen LogP contribution in [-0.2, 0) is 22.6 Å². The second-order valence-electron chi connectivity index (χ2n) is 5.81. The number of rotatable bonds is 3. The lowest BCUT2D eigenvalue weighted by Gasteiger charge is -2.23. The number of nitrogens with zero attached hydrogens (tertiary/aromatic N) is 1. The van der Waals surface area contributed by atoms with Gasteiger partial charge >= 0.3 is 12.0 Å². The van der Waals surface area contributed by atoms with Gasteiger partial charge in [0.25, 0.3) is 0 Å². The maximum atomic E-state index is 13.8. The number of hydrogen-bond donors (Lipinski definition) is 2.